The maximum Gasteiger partial charge on any atom is 0.305 e. The molecule has 0 fully saturated rings. The molecule has 0 aromatic heterocycles. The molecule has 0 saturated heterocycles. The number of rotatable bonds is 22. The minimum absolute atomic E-state index is 0.141. The zero-order chi connectivity index (χ0) is 21.6. The van der Waals surface area contributed by atoms with E-state index in [-0.39, 0.29) is 5.97 Å². The molecule has 0 aliphatic heterocycles. The van der Waals surface area contributed by atoms with Crippen LogP contribution < -0.4 is 0 Å². The van der Waals surface area contributed by atoms with Crippen LogP contribution in [-0.2, 0) is 14.3 Å². The molecule has 0 heterocycles. The first kappa shape index (κ1) is 28.4. The lowest BCUT2D eigenvalue weighted by molar-refractivity contribution is -0.145. The van der Waals surface area contributed by atoms with Crippen molar-refractivity contribution >= 4 is 5.97 Å². The Bertz CT molecular complexity index is 348. The summed E-state index contributed by atoms with van der Waals surface area (Å²) in [6.07, 6.45) is 14.9. The van der Waals surface area contributed by atoms with E-state index in [0.29, 0.717) is 32.5 Å². The fourth-order valence-electron chi connectivity index (χ4n) is 3.31. The first-order chi connectivity index (χ1) is 14.1. The fourth-order valence-corrected chi connectivity index (χ4v) is 3.31. The normalized spacial score (nSPS) is 13.4. The Balaban J connectivity index is 3.40. The number of unbranched alkanes of at least 4 members (excludes halogenated alkanes) is 10. The largest absolute Gasteiger partial charge is 0.463 e. The summed E-state index contributed by atoms with van der Waals surface area (Å²) in [7, 11) is 0. The van der Waals surface area contributed by atoms with E-state index in [1.807, 2.05) is 0 Å². The van der Waals surface area contributed by atoms with Crippen LogP contribution in [0.1, 0.15) is 117 Å². The van der Waals surface area contributed by atoms with Crippen LogP contribution in [0.4, 0.5) is 0 Å². The molecule has 0 aliphatic rings. The van der Waals surface area contributed by atoms with Gasteiger partial charge in [0.05, 0.1) is 18.8 Å². The summed E-state index contributed by atoms with van der Waals surface area (Å²) in [4.78, 5) is 11.6. The molecule has 2 atom stereocenters. The van der Waals surface area contributed by atoms with Crippen LogP contribution in [0.25, 0.3) is 0 Å². The highest BCUT2D eigenvalue weighted by Gasteiger charge is 2.15. The van der Waals surface area contributed by atoms with Crippen molar-refractivity contribution < 1.29 is 24.5 Å². The molecule has 0 bridgehead atoms. The zero-order valence-electron chi connectivity index (χ0n) is 19.2. The average molecular weight is 417 g/mol. The van der Waals surface area contributed by atoms with E-state index < -0.39 is 12.2 Å². The SMILES string of the molecule is CCCCCCCCC(O)C(O)CCCCCCCC(=O)OCCOCCCC. The molecule has 0 aliphatic carbocycles. The molecule has 0 aromatic carbocycles. The topological polar surface area (TPSA) is 76.0 Å². The number of ether oxygens (including phenoxy) is 2. The molecule has 0 amide bonds. The highest BCUT2D eigenvalue weighted by Crippen LogP contribution is 2.15. The number of aliphatic hydroxyl groups excluding tert-OH is 2. The second-order valence-electron chi connectivity index (χ2n) is 8.18. The lowest BCUT2D eigenvalue weighted by Gasteiger charge is -2.17. The van der Waals surface area contributed by atoms with Crippen molar-refractivity contribution in [2.45, 2.75) is 129 Å². The minimum atomic E-state index is -0.597. The molecule has 2 unspecified atom stereocenters. The molecule has 29 heavy (non-hydrogen) atoms. The molecule has 2 N–H and O–H groups in total. The molecular formula is C24H48O5. The van der Waals surface area contributed by atoms with E-state index in [1.54, 1.807) is 0 Å². The van der Waals surface area contributed by atoms with Crippen LogP contribution in [0, 0.1) is 0 Å². The second kappa shape index (κ2) is 22.0. The van der Waals surface area contributed by atoms with Gasteiger partial charge in [0.15, 0.2) is 0 Å². The van der Waals surface area contributed by atoms with Crippen molar-refractivity contribution in [2.75, 3.05) is 19.8 Å². The molecule has 5 heteroatoms. The average Bonchev–Trinajstić information content (AvgIpc) is 2.72. The third kappa shape index (κ3) is 20.4. The first-order valence-electron chi connectivity index (χ1n) is 12.2. The third-order valence-corrected chi connectivity index (χ3v) is 5.31. The summed E-state index contributed by atoms with van der Waals surface area (Å²) in [6.45, 7) is 5.90. The van der Waals surface area contributed by atoms with E-state index in [9.17, 15) is 15.0 Å². The minimum Gasteiger partial charge on any atom is -0.463 e. The maximum absolute atomic E-state index is 11.6. The van der Waals surface area contributed by atoms with Gasteiger partial charge >= 0.3 is 5.97 Å². The van der Waals surface area contributed by atoms with Gasteiger partial charge in [0.1, 0.15) is 6.61 Å². The van der Waals surface area contributed by atoms with Gasteiger partial charge in [-0.2, -0.15) is 0 Å². The Morgan fingerprint density at radius 1 is 0.655 bits per heavy atom. The van der Waals surface area contributed by atoms with Gasteiger partial charge in [-0.15, -0.1) is 0 Å². The van der Waals surface area contributed by atoms with Crippen molar-refractivity contribution in [1.29, 1.82) is 0 Å². The van der Waals surface area contributed by atoms with Gasteiger partial charge in [-0.05, 0) is 25.7 Å². The Kier molecular flexibility index (Phi) is 21.6. The van der Waals surface area contributed by atoms with E-state index >= 15 is 0 Å². The molecule has 0 aromatic rings. The molecular weight excluding hydrogens is 368 g/mol. The van der Waals surface area contributed by atoms with Crippen LogP contribution in [0.15, 0.2) is 0 Å². The standard InChI is InChI=1S/C24H48O5/c1-3-5-7-8-10-13-16-22(25)23(26)17-14-11-9-12-15-18-24(27)29-21-20-28-19-6-4-2/h22-23,25-26H,3-21H2,1-2H3. The number of hydrogen-bond donors (Lipinski definition) is 2. The van der Waals surface area contributed by atoms with Crippen molar-refractivity contribution in [1.82, 2.24) is 0 Å². The van der Waals surface area contributed by atoms with Crippen LogP contribution in [-0.4, -0.2) is 48.2 Å². The van der Waals surface area contributed by atoms with Crippen molar-refractivity contribution in [3.05, 3.63) is 0 Å². The lowest BCUT2D eigenvalue weighted by atomic mass is 9.99. The number of carbonyl (C=O) groups is 1. The predicted molar refractivity (Wildman–Crippen MR) is 119 cm³/mol. The van der Waals surface area contributed by atoms with E-state index in [0.717, 1.165) is 64.4 Å². The molecule has 0 rings (SSSR count). The third-order valence-electron chi connectivity index (χ3n) is 5.31. The highest BCUT2D eigenvalue weighted by atomic mass is 16.6. The van der Waals surface area contributed by atoms with Crippen molar-refractivity contribution in [3.8, 4) is 0 Å². The summed E-state index contributed by atoms with van der Waals surface area (Å²) in [5.41, 5.74) is 0. The van der Waals surface area contributed by atoms with Crippen LogP contribution in [0.5, 0.6) is 0 Å². The van der Waals surface area contributed by atoms with Gasteiger partial charge in [0.25, 0.3) is 0 Å². The van der Waals surface area contributed by atoms with Gasteiger partial charge in [-0.3, -0.25) is 4.79 Å². The zero-order valence-corrected chi connectivity index (χ0v) is 19.2. The summed E-state index contributed by atoms with van der Waals surface area (Å²) < 4.78 is 10.5. The van der Waals surface area contributed by atoms with E-state index in [4.69, 9.17) is 9.47 Å². The van der Waals surface area contributed by atoms with E-state index in [2.05, 4.69) is 13.8 Å². The van der Waals surface area contributed by atoms with E-state index in [1.165, 1.54) is 25.7 Å². The molecule has 0 radical (unpaired) electrons. The highest BCUT2D eigenvalue weighted by molar-refractivity contribution is 5.69. The van der Waals surface area contributed by atoms with Crippen LogP contribution in [0.2, 0.25) is 0 Å². The Labute approximate surface area is 179 Å². The fraction of sp³-hybridized carbons (Fsp3) is 0.958. The quantitative estimate of drug-likeness (QED) is 0.179. The molecule has 0 saturated carbocycles. The molecule has 5 nitrogen and oxygen atoms in total. The van der Waals surface area contributed by atoms with Crippen molar-refractivity contribution in [3.63, 3.8) is 0 Å². The number of esters is 1. The number of aliphatic hydroxyl groups is 2. The van der Waals surface area contributed by atoms with Crippen LogP contribution in [0.3, 0.4) is 0 Å². The van der Waals surface area contributed by atoms with Crippen LogP contribution >= 0.6 is 0 Å². The Hall–Kier alpha value is -0.650. The van der Waals surface area contributed by atoms with Gasteiger partial charge in [-0.1, -0.05) is 84.5 Å². The summed E-state index contributed by atoms with van der Waals surface area (Å²) in [5.74, 6) is -0.141. The first-order valence-corrected chi connectivity index (χ1v) is 12.2. The summed E-state index contributed by atoms with van der Waals surface area (Å²) >= 11 is 0. The second-order valence-corrected chi connectivity index (χ2v) is 8.18. The smallest absolute Gasteiger partial charge is 0.305 e. The molecule has 174 valence electrons. The number of hydrogen-bond acceptors (Lipinski definition) is 5. The van der Waals surface area contributed by atoms with Gasteiger partial charge < -0.3 is 19.7 Å². The Morgan fingerprint density at radius 2 is 1.17 bits per heavy atom. The lowest BCUT2D eigenvalue weighted by Crippen LogP contribution is -2.25. The van der Waals surface area contributed by atoms with Gasteiger partial charge in [0.2, 0.25) is 0 Å². The maximum atomic E-state index is 11.6. The van der Waals surface area contributed by atoms with Crippen molar-refractivity contribution in [2.24, 2.45) is 0 Å². The van der Waals surface area contributed by atoms with Gasteiger partial charge in [-0.25, -0.2) is 0 Å². The summed E-state index contributed by atoms with van der Waals surface area (Å²) in [5, 5.41) is 20.1. The monoisotopic (exact) mass is 416 g/mol. The molecule has 0 spiro atoms. The summed E-state index contributed by atoms with van der Waals surface area (Å²) in [6, 6.07) is 0. The Morgan fingerprint density at radius 3 is 1.76 bits per heavy atom. The number of carbonyl (C=O) groups excluding carboxylic acids is 1. The van der Waals surface area contributed by atoms with Gasteiger partial charge in [0, 0.05) is 13.0 Å². The predicted octanol–water partition coefficient (Wildman–Crippen LogP) is 5.55.